The number of hydrogen-bond acceptors (Lipinski definition) is 1. The first kappa shape index (κ1) is 14.4. The second kappa shape index (κ2) is 4.49. The van der Waals surface area contributed by atoms with Crippen LogP contribution in [0.2, 0.25) is 0 Å². The Kier molecular flexibility index (Phi) is 2.22. The van der Waals surface area contributed by atoms with E-state index in [4.69, 9.17) is 0 Å². The van der Waals surface area contributed by atoms with Crippen LogP contribution in [-0.4, -0.2) is 21.3 Å². The van der Waals surface area contributed by atoms with Gasteiger partial charge < -0.3 is 9.13 Å². The second-order valence-electron chi connectivity index (χ2n) is 8.33. The fourth-order valence-corrected chi connectivity index (χ4v) is 6.02. The summed E-state index contributed by atoms with van der Waals surface area (Å²) in [6.07, 6.45) is 6.23. The zero-order valence-electron chi connectivity index (χ0n) is 15.5. The summed E-state index contributed by atoms with van der Waals surface area (Å²) >= 11 is 0. The van der Waals surface area contributed by atoms with Crippen molar-refractivity contribution in [2.75, 3.05) is 0 Å². The topological polar surface area (TPSA) is 39.3 Å². The molecule has 3 aromatic carbocycles. The van der Waals surface area contributed by atoms with Gasteiger partial charge in [-0.1, -0.05) is 42.5 Å². The van der Waals surface area contributed by atoms with Gasteiger partial charge in [0.05, 0.1) is 22.1 Å². The molecular weight excluding hydrogens is 358 g/mol. The van der Waals surface area contributed by atoms with Gasteiger partial charge >= 0.3 is 0 Å². The zero-order valence-corrected chi connectivity index (χ0v) is 15.5. The van der Waals surface area contributed by atoms with E-state index in [-0.39, 0.29) is 5.91 Å². The molecule has 4 heteroatoms. The average molecular weight is 373 g/mol. The SMILES string of the molecule is O=C1N=Cc2c1c1c3ccccc3n3c1c1c2c2ccccc2n1C1CC=C3C1. The van der Waals surface area contributed by atoms with E-state index in [1.807, 2.05) is 0 Å². The summed E-state index contributed by atoms with van der Waals surface area (Å²) in [4.78, 5) is 17.2. The van der Waals surface area contributed by atoms with Gasteiger partial charge in [0.2, 0.25) is 0 Å². The van der Waals surface area contributed by atoms with Crippen LogP contribution in [0, 0.1) is 0 Å². The number of rotatable bonds is 0. The molecular formula is C25H15N3O. The fourth-order valence-electron chi connectivity index (χ4n) is 6.02. The van der Waals surface area contributed by atoms with E-state index in [2.05, 4.69) is 68.7 Å². The van der Waals surface area contributed by atoms with E-state index in [9.17, 15) is 4.79 Å². The molecule has 8 rings (SSSR count). The Balaban J connectivity index is 1.84. The predicted octanol–water partition coefficient (Wildman–Crippen LogP) is 5.66. The minimum Gasteiger partial charge on any atom is -0.335 e. The number of nitrogens with zero attached hydrogens (tertiary/aromatic N) is 3. The standard InChI is InChI=1S/C25H15N3O/c29-25-22-17(12-26-25)20-15-5-1-3-7-18(15)27-13-9-10-14(11-13)28-19-8-4-2-6-16(19)21(22)24(28)23(20)27/h1-8,10,12-13H,9,11H2. The first-order valence-corrected chi connectivity index (χ1v) is 10.1. The third-order valence-corrected chi connectivity index (χ3v) is 7.05. The van der Waals surface area contributed by atoms with Crippen LogP contribution in [-0.2, 0) is 0 Å². The van der Waals surface area contributed by atoms with Crippen molar-refractivity contribution in [2.45, 2.75) is 18.9 Å². The highest BCUT2D eigenvalue weighted by Gasteiger charge is 2.36. The molecule has 2 aliphatic heterocycles. The maximum absolute atomic E-state index is 13.0. The summed E-state index contributed by atoms with van der Waals surface area (Å²) in [6.45, 7) is 0. The highest BCUT2D eigenvalue weighted by Crippen LogP contribution is 2.51. The normalized spacial score (nSPS) is 19.2. The summed E-state index contributed by atoms with van der Waals surface area (Å²) in [5.41, 5.74) is 7.96. The molecule has 0 saturated heterocycles. The number of amides is 1. The highest BCUT2D eigenvalue weighted by molar-refractivity contribution is 6.36. The van der Waals surface area contributed by atoms with Crippen molar-refractivity contribution in [2.24, 2.45) is 4.99 Å². The summed E-state index contributed by atoms with van der Waals surface area (Å²) < 4.78 is 4.96. The number of para-hydroxylation sites is 2. The molecule has 4 heterocycles. The van der Waals surface area contributed by atoms with E-state index >= 15 is 0 Å². The molecule has 1 atom stereocenters. The van der Waals surface area contributed by atoms with E-state index in [0.717, 1.165) is 34.7 Å². The summed E-state index contributed by atoms with van der Waals surface area (Å²) in [5, 5.41) is 4.59. The van der Waals surface area contributed by atoms with Crippen molar-refractivity contribution < 1.29 is 4.79 Å². The molecule has 1 aliphatic carbocycles. The smallest absolute Gasteiger partial charge is 0.278 e. The largest absolute Gasteiger partial charge is 0.335 e. The van der Waals surface area contributed by atoms with Crippen molar-refractivity contribution in [1.82, 2.24) is 9.13 Å². The molecule has 2 bridgehead atoms. The third-order valence-electron chi connectivity index (χ3n) is 7.05. The molecule has 2 aromatic heterocycles. The number of carbonyl (C=O) groups is 1. The fraction of sp³-hybridized carbons (Fsp3) is 0.120. The van der Waals surface area contributed by atoms with Crippen LogP contribution in [0.4, 0.5) is 0 Å². The van der Waals surface area contributed by atoms with Crippen molar-refractivity contribution in [3.63, 3.8) is 0 Å². The van der Waals surface area contributed by atoms with Gasteiger partial charge in [0.1, 0.15) is 0 Å². The molecule has 1 unspecified atom stereocenters. The van der Waals surface area contributed by atoms with Gasteiger partial charge in [0.15, 0.2) is 0 Å². The molecule has 136 valence electrons. The molecule has 5 aromatic rings. The van der Waals surface area contributed by atoms with Gasteiger partial charge in [0.25, 0.3) is 5.91 Å². The van der Waals surface area contributed by atoms with Crippen molar-refractivity contribution in [3.8, 4) is 0 Å². The number of hydrogen-bond donors (Lipinski definition) is 0. The van der Waals surface area contributed by atoms with Gasteiger partial charge in [-0.05, 0) is 18.6 Å². The molecule has 0 N–H and O–H groups in total. The molecule has 1 amide bonds. The summed E-state index contributed by atoms with van der Waals surface area (Å²) in [7, 11) is 0. The maximum atomic E-state index is 13.0. The average Bonchev–Trinajstić information content (AvgIpc) is 3.47. The molecule has 3 aliphatic rings. The number of carbonyl (C=O) groups excluding carboxylic acids is 1. The summed E-state index contributed by atoms with van der Waals surface area (Å²) in [6, 6.07) is 17.5. The van der Waals surface area contributed by atoms with Crippen molar-refractivity contribution in [3.05, 3.63) is 65.7 Å². The van der Waals surface area contributed by atoms with Gasteiger partial charge in [-0.3, -0.25) is 4.79 Å². The van der Waals surface area contributed by atoms with E-state index in [1.165, 1.54) is 38.5 Å². The number of aliphatic imine (C=N–C) groups is 1. The Morgan fingerprint density at radius 2 is 1.66 bits per heavy atom. The van der Waals surface area contributed by atoms with E-state index < -0.39 is 0 Å². The van der Waals surface area contributed by atoms with Crippen molar-refractivity contribution >= 4 is 61.4 Å². The molecule has 0 spiro atoms. The van der Waals surface area contributed by atoms with Gasteiger partial charge in [0, 0.05) is 57.0 Å². The Morgan fingerprint density at radius 3 is 2.52 bits per heavy atom. The monoisotopic (exact) mass is 373 g/mol. The molecule has 4 nitrogen and oxygen atoms in total. The predicted molar refractivity (Wildman–Crippen MR) is 117 cm³/mol. The van der Waals surface area contributed by atoms with Crippen LogP contribution in [0.5, 0.6) is 0 Å². The van der Waals surface area contributed by atoms with Crippen LogP contribution in [0.1, 0.15) is 34.8 Å². The van der Waals surface area contributed by atoms with Crippen LogP contribution in [0.25, 0.3) is 49.3 Å². The van der Waals surface area contributed by atoms with E-state index in [1.54, 1.807) is 6.21 Å². The Labute approximate surface area is 165 Å². The van der Waals surface area contributed by atoms with Crippen LogP contribution >= 0.6 is 0 Å². The minimum absolute atomic E-state index is 0.120. The third kappa shape index (κ3) is 1.42. The molecule has 0 fully saturated rings. The van der Waals surface area contributed by atoms with Gasteiger partial charge in [-0.25, -0.2) is 4.99 Å². The Hall–Kier alpha value is -3.66. The first-order valence-electron chi connectivity index (χ1n) is 10.1. The minimum atomic E-state index is -0.120. The molecule has 29 heavy (non-hydrogen) atoms. The van der Waals surface area contributed by atoms with Crippen LogP contribution < -0.4 is 0 Å². The lowest BCUT2D eigenvalue weighted by molar-refractivity contribution is 0.101. The number of aromatic nitrogens is 2. The van der Waals surface area contributed by atoms with Crippen molar-refractivity contribution in [1.29, 1.82) is 0 Å². The molecule has 0 radical (unpaired) electrons. The summed E-state index contributed by atoms with van der Waals surface area (Å²) in [5.74, 6) is -0.120. The first-order chi connectivity index (χ1) is 14.3. The quantitative estimate of drug-likeness (QED) is 0.345. The van der Waals surface area contributed by atoms with Gasteiger partial charge in [-0.2, -0.15) is 0 Å². The second-order valence-corrected chi connectivity index (χ2v) is 8.33. The lowest BCUT2D eigenvalue weighted by atomic mass is 9.97. The number of allylic oxidation sites excluding steroid dienone is 2. The molecule has 0 saturated carbocycles. The highest BCUT2D eigenvalue weighted by atomic mass is 16.1. The zero-order chi connectivity index (χ0) is 18.9. The van der Waals surface area contributed by atoms with Crippen LogP contribution in [0.15, 0.2) is 59.6 Å². The Morgan fingerprint density at radius 1 is 0.897 bits per heavy atom. The number of fused-ring (bicyclic) bond motifs is 13. The lowest BCUT2D eigenvalue weighted by Gasteiger charge is -2.15. The van der Waals surface area contributed by atoms with Gasteiger partial charge in [-0.15, -0.1) is 0 Å². The van der Waals surface area contributed by atoms with E-state index in [0.29, 0.717) is 6.04 Å². The maximum Gasteiger partial charge on any atom is 0.278 e. The lowest BCUT2D eigenvalue weighted by Crippen LogP contribution is -2.04. The van der Waals surface area contributed by atoms with Crippen LogP contribution in [0.3, 0.4) is 0 Å². The number of benzene rings is 3. The Bertz CT molecular complexity index is 1680.